The normalized spacial score (nSPS) is 22.7. The molecule has 0 nitrogen and oxygen atoms in total. The minimum atomic E-state index is 0.625. The van der Waals surface area contributed by atoms with E-state index < -0.39 is 0 Å². The first kappa shape index (κ1) is 6.78. The molecule has 0 amide bonds. The van der Waals surface area contributed by atoms with Gasteiger partial charge in [-0.3, -0.25) is 0 Å². The molecule has 0 aliphatic carbocycles. The molecule has 0 N–H and O–H groups in total. The van der Waals surface area contributed by atoms with Gasteiger partial charge in [0.1, 0.15) is 0 Å². The molecule has 1 aromatic rings. The van der Waals surface area contributed by atoms with Crippen LogP contribution in [0.25, 0.3) is 0 Å². The van der Waals surface area contributed by atoms with Gasteiger partial charge in [0.15, 0.2) is 0 Å². The van der Waals surface area contributed by atoms with Gasteiger partial charge in [0, 0.05) is 0 Å². The van der Waals surface area contributed by atoms with Crippen LogP contribution in [0.5, 0.6) is 0 Å². The van der Waals surface area contributed by atoms with E-state index in [1.807, 2.05) is 0 Å². The summed E-state index contributed by atoms with van der Waals surface area (Å²) in [6.07, 6.45) is 1.18. The van der Waals surface area contributed by atoms with E-state index >= 15 is 0 Å². The van der Waals surface area contributed by atoms with E-state index in [1.54, 1.807) is 4.46 Å². The molecule has 0 spiro atoms. The van der Waals surface area contributed by atoms with Crippen LogP contribution >= 0.6 is 12.6 Å². The van der Waals surface area contributed by atoms with Crippen LogP contribution in [0.15, 0.2) is 24.3 Å². The second kappa shape index (κ2) is 2.61. The van der Waals surface area contributed by atoms with Gasteiger partial charge >= 0.3 is 72.4 Å². The van der Waals surface area contributed by atoms with Gasteiger partial charge in [0.2, 0.25) is 0 Å². The predicted molar refractivity (Wildman–Crippen MR) is 48.3 cm³/mol. The Labute approximate surface area is 72.6 Å². The number of hydrogen-bond donors (Lipinski definition) is 1. The van der Waals surface area contributed by atoms with Crippen LogP contribution in [0.4, 0.5) is 0 Å². The number of rotatable bonds is 0. The molecule has 1 aliphatic heterocycles. The summed E-state index contributed by atoms with van der Waals surface area (Å²) in [6, 6.07) is 8.67. The van der Waals surface area contributed by atoms with Crippen molar-refractivity contribution in [3.8, 4) is 0 Å². The van der Waals surface area contributed by atoms with E-state index in [0.29, 0.717) is 19.1 Å². The number of hydrogen-bond acceptors (Lipinski definition) is 1. The zero-order valence-electron chi connectivity index (χ0n) is 5.45. The molecule has 1 heterocycles. The molecule has 0 fully saturated rings. The fourth-order valence-corrected chi connectivity index (χ4v) is 4.08. The molecule has 0 radical (unpaired) electrons. The Balaban J connectivity index is 2.42. The molecule has 2 rings (SSSR count). The SMILES string of the molecule is SC1Cc2ccccc2[Se]1. The fourth-order valence-electron chi connectivity index (χ4n) is 1.16. The molecule has 10 heavy (non-hydrogen) atoms. The molecule has 0 bridgehead atoms. The van der Waals surface area contributed by atoms with Crippen LogP contribution < -0.4 is 4.46 Å². The standard InChI is InChI=1S/C8H8SSe/c9-8-5-6-3-1-2-4-7(6)10-8/h1-4,8-9H,5H2. The quantitative estimate of drug-likeness (QED) is 0.481. The molecule has 0 saturated carbocycles. The molecule has 52 valence electrons. The van der Waals surface area contributed by atoms with Crippen molar-refractivity contribution in [3.63, 3.8) is 0 Å². The summed E-state index contributed by atoms with van der Waals surface area (Å²) < 4.78 is 2.18. The molecular formula is C8H8SSe. The first-order valence-corrected chi connectivity index (χ1v) is 5.65. The van der Waals surface area contributed by atoms with Gasteiger partial charge in [-0.15, -0.1) is 0 Å². The Morgan fingerprint density at radius 3 is 3.00 bits per heavy atom. The zero-order valence-corrected chi connectivity index (χ0v) is 8.06. The fraction of sp³-hybridized carbons (Fsp3) is 0.250. The van der Waals surface area contributed by atoms with Crippen LogP contribution in [-0.2, 0) is 6.42 Å². The second-order valence-electron chi connectivity index (χ2n) is 2.38. The summed E-state index contributed by atoms with van der Waals surface area (Å²) in [5.41, 5.74) is 1.52. The number of benzene rings is 1. The molecule has 1 aliphatic rings. The van der Waals surface area contributed by atoms with Crippen LogP contribution in [0.1, 0.15) is 5.56 Å². The van der Waals surface area contributed by atoms with Crippen LogP contribution in [0.3, 0.4) is 0 Å². The summed E-state index contributed by atoms with van der Waals surface area (Å²) in [5.74, 6) is 0. The van der Waals surface area contributed by atoms with E-state index in [9.17, 15) is 0 Å². The molecule has 0 saturated heterocycles. The van der Waals surface area contributed by atoms with Crippen molar-refractivity contribution < 1.29 is 0 Å². The topological polar surface area (TPSA) is 0 Å². The molecule has 2 heteroatoms. The third-order valence-corrected chi connectivity index (χ3v) is 4.65. The summed E-state index contributed by atoms with van der Waals surface area (Å²) in [5, 5.41) is 0. The molecule has 1 aromatic carbocycles. The van der Waals surface area contributed by atoms with E-state index in [2.05, 4.69) is 36.9 Å². The zero-order chi connectivity index (χ0) is 6.97. The van der Waals surface area contributed by atoms with E-state index in [1.165, 1.54) is 12.0 Å². The van der Waals surface area contributed by atoms with Gasteiger partial charge < -0.3 is 0 Å². The van der Waals surface area contributed by atoms with Gasteiger partial charge in [-0.25, -0.2) is 0 Å². The first-order chi connectivity index (χ1) is 4.86. The third-order valence-electron chi connectivity index (χ3n) is 1.63. The van der Waals surface area contributed by atoms with Crippen molar-refractivity contribution >= 4 is 32.0 Å². The van der Waals surface area contributed by atoms with Crippen molar-refractivity contribution in [1.29, 1.82) is 0 Å². The van der Waals surface area contributed by atoms with Crippen molar-refractivity contribution in [2.24, 2.45) is 0 Å². The van der Waals surface area contributed by atoms with Crippen LogP contribution in [0.2, 0.25) is 0 Å². The van der Waals surface area contributed by atoms with Crippen molar-refractivity contribution in [2.45, 2.75) is 10.6 Å². The van der Waals surface area contributed by atoms with Gasteiger partial charge in [-0.05, 0) is 0 Å². The van der Waals surface area contributed by atoms with Gasteiger partial charge in [0.25, 0.3) is 0 Å². The molecule has 1 atom stereocenters. The summed E-state index contributed by atoms with van der Waals surface area (Å²) in [7, 11) is 0. The number of fused-ring (bicyclic) bond motifs is 1. The minimum absolute atomic E-state index is 0.625. The first-order valence-electron chi connectivity index (χ1n) is 3.29. The summed E-state index contributed by atoms with van der Waals surface area (Å²) in [4.78, 5) is 0. The van der Waals surface area contributed by atoms with E-state index in [4.69, 9.17) is 0 Å². The summed E-state index contributed by atoms with van der Waals surface area (Å²) in [6.45, 7) is 0. The van der Waals surface area contributed by atoms with Crippen molar-refractivity contribution in [1.82, 2.24) is 0 Å². The maximum atomic E-state index is 4.47. The second-order valence-corrected chi connectivity index (χ2v) is 6.40. The Hall–Kier alpha value is 0.0895. The molecular weight excluding hydrogens is 207 g/mol. The Morgan fingerprint density at radius 1 is 1.40 bits per heavy atom. The predicted octanol–water partition coefficient (Wildman–Crippen LogP) is 0.828. The van der Waals surface area contributed by atoms with Crippen LogP contribution in [-0.4, -0.2) is 19.1 Å². The number of thiol groups is 1. The van der Waals surface area contributed by atoms with Gasteiger partial charge in [-0.1, -0.05) is 0 Å². The van der Waals surface area contributed by atoms with Crippen molar-refractivity contribution in [2.75, 3.05) is 0 Å². The average molecular weight is 215 g/mol. The molecule has 0 aromatic heterocycles. The Kier molecular flexibility index (Phi) is 1.77. The van der Waals surface area contributed by atoms with Gasteiger partial charge in [-0.2, -0.15) is 0 Å². The van der Waals surface area contributed by atoms with Crippen molar-refractivity contribution in [3.05, 3.63) is 29.8 Å². The van der Waals surface area contributed by atoms with E-state index in [-0.39, 0.29) is 0 Å². The maximum absolute atomic E-state index is 4.47. The Bertz CT molecular complexity index is 222. The van der Waals surface area contributed by atoms with Crippen LogP contribution in [0, 0.1) is 0 Å². The van der Waals surface area contributed by atoms with E-state index in [0.717, 1.165) is 0 Å². The van der Waals surface area contributed by atoms with Gasteiger partial charge in [0.05, 0.1) is 0 Å². The summed E-state index contributed by atoms with van der Waals surface area (Å²) >= 11 is 5.09. The third kappa shape index (κ3) is 1.12. The average Bonchev–Trinajstić information content (AvgIpc) is 2.27. The monoisotopic (exact) mass is 216 g/mol. The molecule has 1 unspecified atom stereocenters. The Morgan fingerprint density at radius 2 is 2.20 bits per heavy atom.